The van der Waals surface area contributed by atoms with Crippen LogP contribution in [0.25, 0.3) is 0 Å². The van der Waals surface area contributed by atoms with Gasteiger partial charge in [-0.2, -0.15) is 0 Å². The predicted molar refractivity (Wildman–Crippen MR) is 232 cm³/mol. The molecule has 0 saturated carbocycles. The van der Waals surface area contributed by atoms with Gasteiger partial charge in [0.05, 0.1) is 52.9 Å². The van der Waals surface area contributed by atoms with Gasteiger partial charge in [0.15, 0.2) is 23.0 Å². The molecule has 0 saturated heterocycles. The Labute approximate surface area is 359 Å². The van der Waals surface area contributed by atoms with E-state index in [0.29, 0.717) is 115 Å². The molecule has 2 aromatic carbocycles. The van der Waals surface area contributed by atoms with Crippen molar-refractivity contribution in [2.75, 3.05) is 79.3 Å². The van der Waals surface area contributed by atoms with Crippen molar-refractivity contribution in [3.63, 3.8) is 0 Å². The number of fused-ring (bicyclic) bond motifs is 2. The quantitative estimate of drug-likeness (QED) is 0.0637. The van der Waals surface area contributed by atoms with Crippen molar-refractivity contribution >= 4 is 11.9 Å². The lowest BCUT2D eigenvalue weighted by molar-refractivity contribution is -0.146. The van der Waals surface area contributed by atoms with Gasteiger partial charge in [0.2, 0.25) is 0 Å². The Kier molecular flexibility index (Phi) is 29.0. The number of hydrogen-bond acceptors (Lipinski definition) is 12. The number of unbranched alkanes of at least 4 members (excludes halogenated alkanes) is 12. The van der Waals surface area contributed by atoms with Crippen LogP contribution in [0.15, 0.2) is 61.7 Å². The van der Waals surface area contributed by atoms with Crippen molar-refractivity contribution < 1.29 is 57.0 Å². The summed E-state index contributed by atoms with van der Waals surface area (Å²) < 4.78 is 58.1. The van der Waals surface area contributed by atoms with Crippen molar-refractivity contribution in [2.45, 2.75) is 116 Å². The second-order valence-electron chi connectivity index (χ2n) is 14.6. The molecule has 336 valence electrons. The first-order chi connectivity index (χ1) is 29.6. The number of allylic oxidation sites excluding steroid dienone is 2. The van der Waals surface area contributed by atoms with Gasteiger partial charge in [0.1, 0.15) is 39.6 Å². The van der Waals surface area contributed by atoms with Crippen LogP contribution in [-0.2, 0) is 51.2 Å². The van der Waals surface area contributed by atoms with Crippen molar-refractivity contribution in [1.29, 1.82) is 0 Å². The van der Waals surface area contributed by atoms with Crippen LogP contribution in [0, 0.1) is 0 Å². The van der Waals surface area contributed by atoms with Crippen LogP contribution in [0.1, 0.15) is 114 Å². The SMILES string of the molecule is C=CCCCCCCCCC(=O)OCc1ccc2c(c1)OCCOCCOCCOc1ccc(COC(=O)CCCCCCCCC=C)cc1OCCOCCOCCO2. The van der Waals surface area contributed by atoms with Crippen LogP contribution in [-0.4, -0.2) is 91.2 Å². The summed E-state index contributed by atoms with van der Waals surface area (Å²) >= 11 is 0. The van der Waals surface area contributed by atoms with Crippen LogP contribution >= 0.6 is 0 Å². The molecule has 0 radical (unpaired) electrons. The molecule has 0 aliphatic carbocycles. The molecule has 3 rings (SSSR count). The first-order valence-electron chi connectivity index (χ1n) is 22.2. The largest absolute Gasteiger partial charge is 0.487 e. The number of carbonyl (C=O) groups excluding carboxylic acids is 2. The van der Waals surface area contributed by atoms with E-state index in [9.17, 15) is 9.59 Å². The van der Waals surface area contributed by atoms with E-state index < -0.39 is 0 Å². The van der Waals surface area contributed by atoms with Crippen LogP contribution < -0.4 is 18.9 Å². The molecular formula is C48H72O12. The van der Waals surface area contributed by atoms with Gasteiger partial charge in [-0.3, -0.25) is 9.59 Å². The standard InChI is InChI=1S/C48H72O12/c1-3-5-7-9-11-13-15-17-19-47(49)59-39-41-21-23-43-45(37-41)57-35-31-53-27-25-52-30-34-56-44-24-22-42(38-46(44)58-36-32-54-28-26-51-29-33-55-43)40-60-48(50)20-18-16-14-12-10-8-6-4-2/h3-4,21-24,37-38H,1-2,5-20,25-36,39-40H2. The van der Waals surface area contributed by atoms with E-state index in [1.54, 1.807) is 0 Å². The Hall–Kier alpha value is -4.10. The minimum absolute atomic E-state index is 0.157. The Bertz CT molecular complexity index is 1340. The summed E-state index contributed by atoms with van der Waals surface area (Å²) in [7, 11) is 0. The van der Waals surface area contributed by atoms with Crippen molar-refractivity contribution in [3.8, 4) is 23.0 Å². The molecule has 0 bridgehead atoms. The maximum absolute atomic E-state index is 12.4. The zero-order chi connectivity index (χ0) is 42.6. The number of benzene rings is 2. The maximum atomic E-state index is 12.4. The molecule has 0 N–H and O–H groups in total. The first-order valence-corrected chi connectivity index (χ1v) is 22.2. The summed E-state index contributed by atoms with van der Waals surface area (Å²) in [5, 5.41) is 0. The van der Waals surface area contributed by atoms with E-state index in [2.05, 4.69) is 13.2 Å². The fourth-order valence-electron chi connectivity index (χ4n) is 6.24. The highest BCUT2D eigenvalue weighted by atomic mass is 16.6. The molecule has 1 heterocycles. The molecule has 1 aliphatic heterocycles. The highest BCUT2D eigenvalue weighted by Crippen LogP contribution is 2.30. The van der Waals surface area contributed by atoms with Crippen LogP contribution in [0.2, 0.25) is 0 Å². The van der Waals surface area contributed by atoms with Gasteiger partial charge in [-0.05, 0) is 73.9 Å². The summed E-state index contributed by atoms with van der Waals surface area (Å²) in [6.45, 7) is 12.0. The summed E-state index contributed by atoms with van der Waals surface area (Å²) in [5.41, 5.74) is 1.61. The van der Waals surface area contributed by atoms with E-state index >= 15 is 0 Å². The lowest BCUT2D eigenvalue weighted by atomic mass is 10.1. The summed E-state index contributed by atoms with van der Waals surface area (Å²) in [4.78, 5) is 24.8. The Morgan fingerprint density at radius 1 is 0.433 bits per heavy atom. The number of ether oxygens (including phenoxy) is 10. The number of rotatable bonds is 22. The molecular weight excluding hydrogens is 769 g/mol. The average Bonchev–Trinajstić information content (AvgIpc) is 3.25. The Morgan fingerprint density at radius 3 is 1.12 bits per heavy atom. The molecule has 2 aromatic rings. The highest BCUT2D eigenvalue weighted by molar-refractivity contribution is 5.69. The molecule has 0 atom stereocenters. The first kappa shape index (κ1) is 50.3. The normalized spacial score (nSPS) is 14.9. The summed E-state index contributed by atoms with van der Waals surface area (Å²) in [5.74, 6) is 1.80. The molecule has 0 unspecified atom stereocenters. The van der Waals surface area contributed by atoms with Gasteiger partial charge in [0.25, 0.3) is 0 Å². The molecule has 0 amide bonds. The van der Waals surface area contributed by atoms with Gasteiger partial charge >= 0.3 is 11.9 Å². The molecule has 12 nitrogen and oxygen atoms in total. The molecule has 0 fully saturated rings. The van der Waals surface area contributed by atoms with Crippen LogP contribution in [0.3, 0.4) is 0 Å². The topological polar surface area (TPSA) is 126 Å². The van der Waals surface area contributed by atoms with Crippen molar-refractivity contribution in [2.24, 2.45) is 0 Å². The van der Waals surface area contributed by atoms with E-state index in [1.165, 1.54) is 38.5 Å². The van der Waals surface area contributed by atoms with Crippen molar-refractivity contribution in [3.05, 3.63) is 72.8 Å². The molecule has 0 spiro atoms. The monoisotopic (exact) mass is 841 g/mol. The summed E-state index contributed by atoms with van der Waals surface area (Å²) in [6.07, 6.45) is 20.0. The van der Waals surface area contributed by atoms with Gasteiger partial charge in [-0.1, -0.05) is 75.7 Å². The average molecular weight is 841 g/mol. The number of hydrogen-bond donors (Lipinski definition) is 0. The molecule has 1 aliphatic rings. The fourth-order valence-corrected chi connectivity index (χ4v) is 6.24. The molecule has 0 aromatic heterocycles. The molecule has 12 heteroatoms. The maximum Gasteiger partial charge on any atom is 0.306 e. The fraction of sp³-hybridized carbons (Fsp3) is 0.625. The van der Waals surface area contributed by atoms with E-state index in [1.807, 2.05) is 48.6 Å². The van der Waals surface area contributed by atoms with Gasteiger partial charge < -0.3 is 47.4 Å². The second-order valence-corrected chi connectivity index (χ2v) is 14.6. The van der Waals surface area contributed by atoms with Gasteiger partial charge in [-0.25, -0.2) is 0 Å². The van der Waals surface area contributed by atoms with Crippen LogP contribution in [0.4, 0.5) is 0 Å². The van der Waals surface area contributed by atoms with E-state index in [0.717, 1.165) is 62.5 Å². The predicted octanol–water partition coefficient (Wildman–Crippen LogP) is 9.68. The Morgan fingerprint density at radius 2 is 0.750 bits per heavy atom. The van der Waals surface area contributed by atoms with E-state index in [-0.39, 0.29) is 25.2 Å². The van der Waals surface area contributed by atoms with E-state index in [4.69, 9.17) is 47.4 Å². The minimum atomic E-state index is -0.199. The zero-order valence-electron chi connectivity index (χ0n) is 36.1. The minimum Gasteiger partial charge on any atom is -0.487 e. The highest BCUT2D eigenvalue weighted by Gasteiger charge is 2.12. The third kappa shape index (κ3) is 24.9. The van der Waals surface area contributed by atoms with Crippen molar-refractivity contribution in [1.82, 2.24) is 0 Å². The Balaban J connectivity index is 1.41. The third-order valence-corrected chi connectivity index (χ3v) is 9.58. The third-order valence-electron chi connectivity index (χ3n) is 9.58. The smallest absolute Gasteiger partial charge is 0.306 e. The van der Waals surface area contributed by atoms with Crippen LogP contribution in [0.5, 0.6) is 23.0 Å². The number of carbonyl (C=O) groups is 2. The summed E-state index contributed by atoms with van der Waals surface area (Å²) in [6, 6.07) is 11.0. The van der Waals surface area contributed by atoms with Gasteiger partial charge in [-0.15, -0.1) is 13.2 Å². The molecule has 60 heavy (non-hydrogen) atoms. The number of esters is 2. The zero-order valence-corrected chi connectivity index (χ0v) is 36.1. The lowest BCUT2D eigenvalue weighted by Crippen LogP contribution is -2.16. The lowest BCUT2D eigenvalue weighted by Gasteiger charge is -2.16. The second kappa shape index (κ2) is 34.6. The van der Waals surface area contributed by atoms with Gasteiger partial charge in [0, 0.05) is 12.8 Å².